The number of fused-ring (bicyclic) bond motifs is 5. The van der Waals surface area contributed by atoms with E-state index in [2.05, 4.69) is 43.0 Å². The molecule has 0 aromatic rings. The minimum absolute atomic E-state index is 0.0139. The van der Waals surface area contributed by atoms with Crippen molar-refractivity contribution in [1.29, 1.82) is 0 Å². The van der Waals surface area contributed by atoms with E-state index in [0.717, 1.165) is 44.2 Å². The molecule has 0 aromatic heterocycles. The Bertz CT molecular complexity index is 871. The number of rotatable bonds is 6. The summed E-state index contributed by atoms with van der Waals surface area (Å²) in [4.78, 5) is 28.2. The smallest absolute Gasteiger partial charge is 0.327 e. The van der Waals surface area contributed by atoms with Crippen LogP contribution in [0.25, 0.3) is 0 Å². The summed E-state index contributed by atoms with van der Waals surface area (Å²) in [6.07, 6.45) is 10.5. The number of nitrogens with one attached hydrogen (secondary N) is 1. The lowest BCUT2D eigenvalue weighted by Gasteiger charge is -2.59. The summed E-state index contributed by atoms with van der Waals surface area (Å²) in [5, 5.41) is 26.6. The SMILES string of the molecule is C[C@]12CC/C(=N\OCC(=O)NC(CS)C(=O)O)C=C1CC[C@@H]1[C@@H]2CC[C@@]2(C)[C@H]1CC[C@]2(C)O. The molecule has 4 rings (SSSR count). The number of nitrogens with zero attached hydrogens (tertiary/aromatic N) is 1. The van der Waals surface area contributed by atoms with E-state index in [1.54, 1.807) is 0 Å². The highest BCUT2D eigenvalue weighted by Gasteiger charge is 2.62. The van der Waals surface area contributed by atoms with E-state index in [-0.39, 0.29) is 23.2 Å². The van der Waals surface area contributed by atoms with Crippen LogP contribution in [0.2, 0.25) is 0 Å². The van der Waals surface area contributed by atoms with Crippen LogP contribution in [0.15, 0.2) is 16.8 Å². The summed E-state index contributed by atoms with van der Waals surface area (Å²) < 4.78 is 0. The van der Waals surface area contributed by atoms with Crippen LogP contribution < -0.4 is 5.32 Å². The second-order valence-corrected chi connectivity index (χ2v) is 11.6. The molecule has 3 saturated carbocycles. The molecule has 0 spiro atoms. The molecule has 8 heteroatoms. The first kappa shape index (κ1) is 24.6. The van der Waals surface area contributed by atoms with Gasteiger partial charge in [0.05, 0.1) is 11.3 Å². The zero-order valence-electron chi connectivity index (χ0n) is 20.0. The van der Waals surface area contributed by atoms with Crippen molar-refractivity contribution in [2.75, 3.05) is 12.4 Å². The monoisotopic (exact) mass is 478 g/mol. The van der Waals surface area contributed by atoms with Crippen LogP contribution in [0, 0.1) is 28.6 Å². The van der Waals surface area contributed by atoms with Crippen molar-refractivity contribution in [3.8, 4) is 0 Å². The fraction of sp³-hybridized carbons (Fsp3) is 0.800. The number of carbonyl (C=O) groups excluding carboxylic acids is 1. The summed E-state index contributed by atoms with van der Waals surface area (Å²) in [6, 6.07) is -1.04. The molecule has 3 fully saturated rings. The third kappa shape index (κ3) is 4.22. The van der Waals surface area contributed by atoms with Gasteiger partial charge in [-0.2, -0.15) is 12.6 Å². The highest BCUT2D eigenvalue weighted by atomic mass is 32.1. The van der Waals surface area contributed by atoms with Crippen molar-refractivity contribution in [2.45, 2.75) is 83.8 Å². The topological polar surface area (TPSA) is 108 Å². The largest absolute Gasteiger partial charge is 0.480 e. The molecule has 4 aliphatic carbocycles. The van der Waals surface area contributed by atoms with Gasteiger partial charge in [0.2, 0.25) is 0 Å². The first-order valence-corrected chi connectivity index (χ1v) is 12.9. The van der Waals surface area contributed by atoms with E-state index in [1.807, 2.05) is 6.92 Å². The maximum Gasteiger partial charge on any atom is 0.327 e. The van der Waals surface area contributed by atoms with Crippen molar-refractivity contribution in [1.82, 2.24) is 5.32 Å². The third-order valence-corrected chi connectivity index (χ3v) is 10.1. The lowest BCUT2D eigenvalue weighted by atomic mass is 9.46. The second kappa shape index (κ2) is 8.91. The molecule has 0 bridgehead atoms. The molecule has 7 atom stereocenters. The number of aliphatic hydroxyl groups is 1. The van der Waals surface area contributed by atoms with E-state index < -0.39 is 23.5 Å². The second-order valence-electron chi connectivity index (χ2n) is 11.3. The van der Waals surface area contributed by atoms with Gasteiger partial charge in [-0.25, -0.2) is 4.79 Å². The number of hydrogen-bond acceptors (Lipinski definition) is 6. The van der Waals surface area contributed by atoms with Crippen LogP contribution in [0.5, 0.6) is 0 Å². The minimum atomic E-state index is -1.12. The molecule has 0 radical (unpaired) electrons. The van der Waals surface area contributed by atoms with Gasteiger partial charge in [0.1, 0.15) is 6.04 Å². The lowest BCUT2D eigenvalue weighted by Crippen LogP contribution is -2.53. The molecule has 1 unspecified atom stereocenters. The van der Waals surface area contributed by atoms with Crippen molar-refractivity contribution in [3.05, 3.63) is 11.6 Å². The van der Waals surface area contributed by atoms with Crippen molar-refractivity contribution < 1.29 is 24.6 Å². The van der Waals surface area contributed by atoms with Crippen LogP contribution in [0.4, 0.5) is 0 Å². The van der Waals surface area contributed by atoms with Gasteiger partial charge in [0, 0.05) is 5.75 Å². The van der Waals surface area contributed by atoms with Crippen LogP contribution in [0.3, 0.4) is 0 Å². The molecule has 4 aliphatic rings. The van der Waals surface area contributed by atoms with Gasteiger partial charge in [-0.3, -0.25) is 4.79 Å². The third-order valence-electron chi connectivity index (χ3n) is 9.73. The predicted molar refractivity (Wildman–Crippen MR) is 129 cm³/mol. The lowest BCUT2D eigenvalue weighted by molar-refractivity contribution is -0.141. The summed E-state index contributed by atoms with van der Waals surface area (Å²) in [5.41, 5.74) is 1.94. The molecule has 0 saturated heterocycles. The van der Waals surface area contributed by atoms with Gasteiger partial charge in [0.15, 0.2) is 6.61 Å². The number of thiol groups is 1. The number of allylic oxidation sites excluding steroid dienone is 2. The van der Waals surface area contributed by atoms with Crippen molar-refractivity contribution in [2.24, 2.45) is 33.7 Å². The average Bonchev–Trinajstić information content (AvgIpc) is 3.01. The first-order valence-electron chi connectivity index (χ1n) is 12.3. The fourth-order valence-electron chi connectivity index (χ4n) is 7.48. The van der Waals surface area contributed by atoms with Gasteiger partial charge in [-0.15, -0.1) is 0 Å². The Morgan fingerprint density at radius 1 is 1.18 bits per heavy atom. The van der Waals surface area contributed by atoms with E-state index in [0.29, 0.717) is 17.8 Å². The van der Waals surface area contributed by atoms with Gasteiger partial charge in [0.25, 0.3) is 5.91 Å². The molecule has 7 nitrogen and oxygen atoms in total. The standard InChI is InChI=1S/C25H38N2O5S/c1-23-9-6-16(27-32-13-21(28)26-20(14-33)22(29)30)12-15(23)4-5-17-18(23)7-10-24(2)19(17)8-11-25(24,3)31/h12,17-20,31,33H,4-11,13-14H2,1-3H3,(H,26,28)(H,29,30)/b27-16+/t17-,18+,19+,20?,23+,24+,25+/m1/s1. The number of oxime groups is 1. The molecular weight excluding hydrogens is 440 g/mol. The molecular formula is C25H38N2O5S. The maximum atomic E-state index is 11.9. The number of aliphatic carboxylic acids is 1. The zero-order chi connectivity index (χ0) is 24.0. The van der Waals surface area contributed by atoms with E-state index in [9.17, 15) is 14.7 Å². The summed E-state index contributed by atoms with van der Waals surface area (Å²) >= 11 is 3.94. The van der Waals surface area contributed by atoms with E-state index >= 15 is 0 Å². The number of carboxylic acids is 1. The van der Waals surface area contributed by atoms with Gasteiger partial charge < -0.3 is 20.4 Å². The Hall–Kier alpha value is -1.54. The highest BCUT2D eigenvalue weighted by Crippen LogP contribution is 2.67. The highest BCUT2D eigenvalue weighted by molar-refractivity contribution is 7.80. The minimum Gasteiger partial charge on any atom is -0.480 e. The Kier molecular flexibility index (Phi) is 6.64. The molecule has 3 N–H and O–H groups in total. The van der Waals surface area contributed by atoms with Crippen LogP contribution in [-0.4, -0.2) is 51.8 Å². The number of hydrogen-bond donors (Lipinski definition) is 4. The Balaban J connectivity index is 1.41. The van der Waals surface area contributed by atoms with Crippen molar-refractivity contribution in [3.63, 3.8) is 0 Å². The van der Waals surface area contributed by atoms with Gasteiger partial charge in [-0.1, -0.05) is 24.6 Å². The van der Waals surface area contributed by atoms with Crippen LogP contribution in [0.1, 0.15) is 72.1 Å². The van der Waals surface area contributed by atoms with E-state index in [4.69, 9.17) is 9.94 Å². The average molecular weight is 479 g/mol. The van der Waals surface area contributed by atoms with Crippen LogP contribution in [-0.2, 0) is 14.4 Å². The number of amides is 1. The number of carbonyl (C=O) groups is 2. The molecule has 0 aromatic carbocycles. The van der Waals surface area contributed by atoms with Crippen molar-refractivity contribution >= 4 is 30.2 Å². The normalized spacial score (nSPS) is 41.9. The Morgan fingerprint density at radius 2 is 1.91 bits per heavy atom. The van der Waals surface area contributed by atoms with Gasteiger partial charge in [-0.05, 0) is 93.0 Å². The Labute approximate surface area is 201 Å². The molecule has 33 heavy (non-hydrogen) atoms. The van der Waals surface area contributed by atoms with E-state index in [1.165, 1.54) is 18.4 Å². The number of carboxylic acid groups (broad SMARTS) is 1. The zero-order valence-corrected chi connectivity index (χ0v) is 20.9. The first-order chi connectivity index (χ1) is 15.5. The maximum absolute atomic E-state index is 11.9. The molecule has 184 valence electrons. The summed E-state index contributed by atoms with van der Waals surface area (Å²) in [6.45, 7) is 6.47. The quantitative estimate of drug-likeness (QED) is 0.345. The summed E-state index contributed by atoms with van der Waals surface area (Å²) in [5.74, 6) is 0.292. The molecule has 0 heterocycles. The Morgan fingerprint density at radius 3 is 2.61 bits per heavy atom. The fourth-order valence-corrected chi connectivity index (χ4v) is 7.73. The van der Waals surface area contributed by atoms with Gasteiger partial charge >= 0.3 is 5.97 Å². The molecule has 1 amide bonds. The molecule has 0 aliphatic heterocycles. The predicted octanol–water partition coefficient (Wildman–Crippen LogP) is 3.57. The van der Waals surface area contributed by atoms with Crippen LogP contribution >= 0.6 is 12.6 Å². The summed E-state index contributed by atoms with van der Waals surface area (Å²) in [7, 11) is 0.